The standard InChI is InChI=1S/C11H8Cl2N/c1-14-6-2-3-11(14)9-5-4-8(12)7-10(9)13/h2-5,7H,1H3. The molecule has 1 aromatic heterocycles. The molecule has 0 N–H and O–H groups in total. The van der Waals surface area contributed by atoms with Crippen LogP contribution in [-0.4, -0.2) is 4.57 Å². The van der Waals surface area contributed by atoms with E-state index in [0.29, 0.717) is 10.0 Å². The van der Waals surface area contributed by atoms with Crippen molar-refractivity contribution in [2.75, 3.05) is 0 Å². The van der Waals surface area contributed by atoms with Gasteiger partial charge in [0.25, 0.3) is 0 Å². The fourth-order valence-corrected chi connectivity index (χ4v) is 1.88. The molecule has 3 heteroatoms. The van der Waals surface area contributed by atoms with Gasteiger partial charge >= 0.3 is 0 Å². The summed E-state index contributed by atoms with van der Waals surface area (Å²) in [6.45, 7) is 0. The first kappa shape index (κ1) is 9.63. The number of nitrogens with zero attached hydrogens (tertiary/aromatic N) is 1. The van der Waals surface area contributed by atoms with Crippen LogP contribution < -0.4 is 0 Å². The molecule has 14 heavy (non-hydrogen) atoms. The average molecular weight is 225 g/mol. The summed E-state index contributed by atoms with van der Waals surface area (Å²) in [5.74, 6) is 0. The second-order valence-electron chi connectivity index (χ2n) is 3.03. The maximum absolute atomic E-state index is 6.08. The van der Waals surface area contributed by atoms with Gasteiger partial charge < -0.3 is 4.57 Å². The first-order chi connectivity index (χ1) is 6.68. The van der Waals surface area contributed by atoms with E-state index in [4.69, 9.17) is 23.2 Å². The molecule has 0 aliphatic rings. The SMILES string of the molecule is Cn1[c]ccc1-c1ccc(Cl)cc1Cl. The van der Waals surface area contributed by atoms with E-state index in [0.717, 1.165) is 11.3 Å². The number of benzene rings is 1. The number of rotatable bonds is 1. The van der Waals surface area contributed by atoms with Crippen molar-refractivity contribution in [1.82, 2.24) is 4.57 Å². The van der Waals surface area contributed by atoms with Crippen LogP contribution in [0.1, 0.15) is 0 Å². The smallest absolute Gasteiger partial charge is 0.0650 e. The van der Waals surface area contributed by atoms with Gasteiger partial charge in [0.15, 0.2) is 0 Å². The highest BCUT2D eigenvalue weighted by Crippen LogP contribution is 2.29. The van der Waals surface area contributed by atoms with E-state index in [-0.39, 0.29) is 0 Å². The van der Waals surface area contributed by atoms with E-state index >= 15 is 0 Å². The summed E-state index contributed by atoms with van der Waals surface area (Å²) in [5, 5.41) is 1.31. The second-order valence-corrected chi connectivity index (χ2v) is 3.87. The molecule has 0 spiro atoms. The molecule has 0 saturated carbocycles. The van der Waals surface area contributed by atoms with Crippen molar-refractivity contribution < 1.29 is 0 Å². The van der Waals surface area contributed by atoms with Crippen LogP contribution >= 0.6 is 23.2 Å². The molecule has 0 bridgehead atoms. The van der Waals surface area contributed by atoms with Gasteiger partial charge in [0.05, 0.1) is 11.2 Å². The molecule has 0 unspecified atom stereocenters. The zero-order valence-corrected chi connectivity index (χ0v) is 9.10. The number of aromatic nitrogens is 1. The van der Waals surface area contributed by atoms with E-state index < -0.39 is 0 Å². The van der Waals surface area contributed by atoms with E-state index in [1.54, 1.807) is 6.07 Å². The van der Waals surface area contributed by atoms with Gasteiger partial charge in [-0.2, -0.15) is 0 Å². The Morgan fingerprint density at radius 2 is 2.00 bits per heavy atom. The minimum Gasteiger partial charge on any atom is -0.342 e. The molecule has 1 radical (unpaired) electrons. The Hall–Kier alpha value is -0.920. The molecule has 0 amide bonds. The Morgan fingerprint density at radius 3 is 2.57 bits per heavy atom. The first-order valence-corrected chi connectivity index (χ1v) is 4.93. The maximum Gasteiger partial charge on any atom is 0.0650 e. The average Bonchev–Trinajstić information content (AvgIpc) is 2.52. The second kappa shape index (κ2) is 3.68. The van der Waals surface area contributed by atoms with E-state index in [1.165, 1.54) is 0 Å². The summed E-state index contributed by atoms with van der Waals surface area (Å²) < 4.78 is 1.90. The lowest BCUT2D eigenvalue weighted by Gasteiger charge is -2.05. The number of hydrogen-bond acceptors (Lipinski definition) is 0. The van der Waals surface area contributed by atoms with E-state index in [1.807, 2.05) is 35.9 Å². The summed E-state index contributed by atoms with van der Waals surface area (Å²) in [6, 6.07) is 9.31. The molecule has 0 aliphatic heterocycles. The molecule has 2 aromatic rings. The number of halogens is 2. The highest BCUT2D eigenvalue weighted by atomic mass is 35.5. The van der Waals surface area contributed by atoms with Crippen LogP contribution in [0.25, 0.3) is 11.3 Å². The van der Waals surface area contributed by atoms with Crippen LogP contribution in [0, 0.1) is 6.20 Å². The highest BCUT2D eigenvalue weighted by Gasteiger charge is 2.06. The third-order valence-electron chi connectivity index (χ3n) is 2.08. The lowest BCUT2D eigenvalue weighted by atomic mass is 10.1. The van der Waals surface area contributed by atoms with E-state index in [9.17, 15) is 0 Å². The maximum atomic E-state index is 6.08. The monoisotopic (exact) mass is 224 g/mol. The first-order valence-electron chi connectivity index (χ1n) is 4.17. The van der Waals surface area contributed by atoms with Crippen molar-refractivity contribution >= 4 is 23.2 Å². The van der Waals surface area contributed by atoms with Crippen molar-refractivity contribution in [1.29, 1.82) is 0 Å². The zero-order chi connectivity index (χ0) is 10.1. The zero-order valence-electron chi connectivity index (χ0n) is 7.59. The fourth-order valence-electron chi connectivity index (χ4n) is 1.38. The summed E-state index contributed by atoms with van der Waals surface area (Å²) in [6.07, 6.45) is 3.03. The van der Waals surface area contributed by atoms with Crippen molar-refractivity contribution in [3.8, 4) is 11.3 Å². The van der Waals surface area contributed by atoms with Gasteiger partial charge in [0.2, 0.25) is 0 Å². The Kier molecular flexibility index (Phi) is 2.53. The van der Waals surface area contributed by atoms with Crippen LogP contribution in [0.4, 0.5) is 0 Å². The molecule has 0 atom stereocenters. The van der Waals surface area contributed by atoms with Gasteiger partial charge in [-0.25, -0.2) is 0 Å². The van der Waals surface area contributed by atoms with Crippen LogP contribution in [0.3, 0.4) is 0 Å². The van der Waals surface area contributed by atoms with Gasteiger partial charge in [0, 0.05) is 23.3 Å². The molecular weight excluding hydrogens is 217 g/mol. The molecule has 1 aromatic carbocycles. The Bertz CT molecular complexity index is 460. The lowest BCUT2D eigenvalue weighted by molar-refractivity contribution is 0.928. The van der Waals surface area contributed by atoms with Gasteiger partial charge in [-0.15, -0.1) is 0 Å². The topological polar surface area (TPSA) is 4.93 Å². The normalized spacial score (nSPS) is 10.5. The predicted molar refractivity (Wildman–Crippen MR) is 59.7 cm³/mol. The van der Waals surface area contributed by atoms with Gasteiger partial charge in [0.1, 0.15) is 0 Å². The molecule has 0 fully saturated rings. The fraction of sp³-hybridized carbons (Fsp3) is 0.0909. The quantitative estimate of drug-likeness (QED) is 0.695. The third-order valence-corrected chi connectivity index (χ3v) is 2.63. The summed E-state index contributed by atoms with van der Waals surface area (Å²) in [4.78, 5) is 0. The van der Waals surface area contributed by atoms with Gasteiger partial charge in [-0.3, -0.25) is 0 Å². The van der Waals surface area contributed by atoms with Crippen molar-refractivity contribution in [2.24, 2.45) is 7.05 Å². The minimum atomic E-state index is 0.650. The number of aryl methyl sites for hydroxylation is 1. The van der Waals surface area contributed by atoms with Gasteiger partial charge in [-0.05, 0) is 30.3 Å². The lowest BCUT2D eigenvalue weighted by Crippen LogP contribution is -1.90. The van der Waals surface area contributed by atoms with Crippen molar-refractivity contribution in [2.45, 2.75) is 0 Å². The van der Waals surface area contributed by atoms with Crippen LogP contribution in [0.15, 0.2) is 30.3 Å². The largest absolute Gasteiger partial charge is 0.342 e. The Morgan fingerprint density at radius 1 is 1.21 bits per heavy atom. The van der Waals surface area contributed by atoms with Crippen LogP contribution in [0.5, 0.6) is 0 Å². The molecule has 2 rings (SSSR count). The molecule has 0 aliphatic carbocycles. The summed E-state index contributed by atoms with van der Waals surface area (Å²) >= 11 is 11.9. The number of hydrogen-bond donors (Lipinski definition) is 0. The molecular formula is C11H8Cl2N. The predicted octanol–water partition coefficient (Wildman–Crippen LogP) is 3.80. The molecule has 0 saturated heterocycles. The van der Waals surface area contributed by atoms with Crippen LogP contribution in [-0.2, 0) is 7.05 Å². The Labute approximate surface area is 92.9 Å². The third kappa shape index (κ3) is 1.66. The molecule has 71 valence electrons. The van der Waals surface area contributed by atoms with Crippen LogP contribution in [0.2, 0.25) is 10.0 Å². The van der Waals surface area contributed by atoms with Gasteiger partial charge in [-0.1, -0.05) is 23.2 Å². The molecule has 1 nitrogen and oxygen atoms in total. The Balaban J connectivity index is 2.58. The highest BCUT2D eigenvalue weighted by molar-refractivity contribution is 6.36. The van der Waals surface area contributed by atoms with E-state index in [2.05, 4.69) is 6.20 Å². The van der Waals surface area contributed by atoms with Crippen molar-refractivity contribution in [3.63, 3.8) is 0 Å². The summed E-state index contributed by atoms with van der Waals surface area (Å²) in [5.41, 5.74) is 2.01. The minimum absolute atomic E-state index is 0.650. The van der Waals surface area contributed by atoms with Crippen molar-refractivity contribution in [3.05, 3.63) is 46.6 Å². The summed E-state index contributed by atoms with van der Waals surface area (Å²) in [7, 11) is 1.93. The molecule has 1 heterocycles.